The van der Waals surface area contributed by atoms with E-state index in [1.807, 2.05) is 30.3 Å². The lowest BCUT2D eigenvalue weighted by atomic mass is 10.2. The number of hydrogen-bond donors (Lipinski definition) is 0. The molecule has 0 aliphatic heterocycles. The second-order valence-electron chi connectivity index (χ2n) is 5.26. The molecule has 2 aromatic rings. The molecule has 0 N–H and O–H groups in total. The number of benzene rings is 2. The maximum Gasteiger partial charge on any atom is 0.330 e. The molecule has 0 aromatic heterocycles. The third kappa shape index (κ3) is 5.67. The van der Waals surface area contributed by atoms with Crippen molar-refractivity contribution in [3.05, 3.63) is 60.2 Å². The van der Waals surface area contributed by atoms with Gasteiger partial charge in [0.05, 0.1) is 14.2 Å². The van der Waals surface area contributed by atoms with Crippen LogP contribution in [0.1, 0.15) is 12.5 Å². The van der Waals surface area contributed by atoms with Crippen molar-refractivity contribution >= 4 is 29.8 Å². The lowest BCUT2D eigenvalue weighted by molar-refractivity contribution is -0.135. The number of carbonyl (C=O) groups is 2. The molecule has 0 spiro atoms. The van der Waals surface area contributed by atoms with Crippen LogP contribution in [0.25, 0.3) is 6.08 Å². The van der Waals surface area contributed by atoms with Gasteiger partial charge in [0.1, 0.15) is 5.25 Å². The van der Waals surface area contributed by atoms with Gasteiger partial charge in [0, 0.05) is 11.0 Å². The quantitative estimate of drug-likeness (QED) is 0.317. The highest BCUT2D eigenvalue weighted by Crippen LogP contribution is 2.30. The van der Waals surface area contributed by atoms with Crippen LogP contribution >= 0.6 is 11.8 Å². The molecule has 5 nitrogen and oxygen atoms in total. The van der Waals surface area contributed by atoms with Crippen LogP contribution in [0.5, 0.6) is 11.5 Å². The first-order valence-corrected chi connectivity index (χ1v) is 8.79. The Bertz CT molecular complexity index is 786. The van der Waals surface area contributed by atoms with Crippen molar-refractivity contribution in [2.24, 2.45) is 0 Å². The van der Waals surface area contributed by atoms with Gasteiger partial charge in [-0.2, -0.15) is 0 Å². The van der Waals surface area contributed by atoms with E-state index in [0.717, 1.165) is 10.5 Å². The molecule has 0 amide bonds. The summed E-state index contributed by atoms with van der Waals surface area (Å²) < 4.78 is 15.3. The summed E-state index contributed by atoms with van der Waals surface area (Å²) in [5.74, 6) is -0.0863. The fraction of sp³-hybridized carbons (Fsp3) is 0.200. The zero-order valence-corrected chi connectivity index (χ0v) is 15.6. The minimum Gasteiger partial charge on any atom is -0.493 e. The van der Waals surface area contributed by atoms with E-state index in [-0.39, 0.29) is 11.2 Å². The Hall–Kier alpha value is -2.73. The highest BCUT2D eigenvalue weighted by molar-refractivity contribution is 8.00. The van der Waals surface area contributed by atoms with Gasteiger partial charge in [-0.25, -0.2) is 4.79 Å². The minimum absolute atomic E-state index is 0.327. The summed E-state index contributed by atoms with van der Waals surface area (Å²) in [7, 11) is 2.80. The molecular weight excluding hydrogens is 352 g/mol. The molecule has 0 bridgehead atoms. The maximum atomic E-state index is 12.3. The van der Waals surface area contributed by atoms with E-state index in [0.29, 0.717) is 11.5 Å². The van der Waals surface area contributed by atoms with E-state index in [1.165, 1.54) is 32.1 Å². The molecule has 6 heteroatoms. The first-order chi connectivity index (χ1) is 12.5. The average molecular weight is 372 g/mol. The zero-order chi connectivity index (χ0) is 18.9. The number of thioether (sulfide) groups is 1. The van der Waals surface area contributed by atoms with Crippen LogP contribution in [0.15, 0.2) is 59.5 Å². The summed E-state index contributed by atoms with van der Waals surface area (Å²) >= 11 is 1.42. The van der Waals surface area contributed by atoms with Crippen molar-refractivity contribution in [1.82, 2.24) is 0 Å². The SMILES string of the molecule is COC(=O)/C=C/c1ccc(OC(=O)C(C)Sc2ccccc2)c(OC)c1. The lowest BCUT2D eigenvalue weighted by Crippen LogP contribution is -2.20. The van der Waals surface area contributed by atoms with Crippen LogP contribution in [-0.2, 0) is 14.3 Å². The second kappa shape index (κ2) is 9.68. The highest BCUT2D eigenvalue weighted by Gasteiger charge is 2.18. The number of ether oxygens (including phenoxy) is 3. The van der Waals surface area contributed by atoms with E-state index >= 15 is 0 Å². The molecular formula is C20H20O5S. The molecule has 2 rings (SSSR count). The van der Waals surface area contributed by atoms with Crippen molar-refractivity contribution in [3.63, 3.8) is 0 Å². The van der Waals surface area contributed by atoms with E-state index in [4.69, 9.17) is 9.47 Å². The summed E-state index contributed by atoms with van der Waals surface area (Å²) in [6.45, 7) is 1.79. The normalized spacial score (nSPS) is 11.8. The maximum absolute atomic E-state index is 12.3. The van der Waals surface area contributed by atoms with Crippen molar-refractivity contribution < 1.29 is 23.8 Å². The molecule has 0 aliphatic rings. The monoisotopic (exact) mass is 372 g/mol. The second-order valence-corrected chi connectivity index (χ2v) is 6.68. The summed E-state index contributed by atoms with van der Waals surface area (Å²) in [4.78, 5) is 24.5. The Balaban J connectivity index is 2.06. The molecule has 0 fully saturated rings. The minimum atomic E-state index is -0.453. The predicted octanol–water partition coefficient (Wildman–Crippen LogP) is 3.97. The molecule has 1 unspecified atom stereocenters. The van der Waals surface area contributed by atoms with E-state index < -0.39 is 5.97 Å². The van der Waals surface area contributed by atoms with Crippen LogP contribution < -0.4 is 9.47 Å². The standard InChI is InChI=1S/C20H20O5S/c1-14(26-16-7-5-4-6-8-16)20(22)25-17-11-9-15(13-18(17)23-2)10-12-19(21)24-3/h4-14H,1-3H3/b12-10+. The molecule has 0 heterocycles. The van der Waals surface area contributed by atoms with Gasteiger partial charge in [-0.1, -0.05) is 24.3 Å². The first-order valence-electron chi connectivity index (χ1n) is 7.91. The largest absolute Gasteiger partial charge is 0.493 e. The van der Waals surface area contributed by atoms with E-state index in [2.05, 4.69) is 4.74 Å². The predicted molar refractivity (Wildman–Crippen MR) is 101 cm³/mol. The van der Waals surface area contributed by atoms with Crippen LogP contribution in [-0.4, -0.2) is 31.4 Å². The number of methoxy groups -OCH3 is 2. The van der Waals surface area contributed by atoms with Gasteiger partial charge in [0.2, 0.25) is 0 Å². The highest BCUT2D eigenvalue weighted by atomic mass is 32.2. The van der Waals surface area contributed by atoms with Gasteiger partial charge < -0.3 is 14.2 Å². The summed E-state index contributed by atoms with van der Waals surface area (Å²) in [6.07, 6.45) is 2.90. The van der Waals surface area contributed by atoms with Crippen LogP contribution in [0.2, 0.25) is 0 Å². The molecule has 0 radical (unpaired) electrons. The number of rotatable bonds is 7. The Morgan fingerprint density at radius 2 is 1.77 bits per heavy atom. The average Bonchev–Trinajstić information content (AvgIpc) is 2.67. The van der Waals surface area contributed by atoms with Gasteiger partial charge in [0.25, 0.3) is 0 Å². The van der Waals surface area contributed by atoms with Gasteiger partial charge >= 0.3 is 11.9 Å². The van der Waals surface area contributed by atoms with Crippen molar-refractivity contribution in [2.75, 3.05) is 14.2 Å². The van der Waals surface area contributed by atoms with Gasteiger partial charge in [-0.3, -0.25) is 4.79 Å². The Morgan fingerprint density at radius 3 is 2.42 bits per heavy atom. The van der Waals surface area contributed by atoms with Crippen LogP contribution in [0.3, 0.4) is 0 Å². The fourth-order valence-electron chi connectivity index (χ4n) is 2.05. The summed E-state index contributed by atoms with van der Waals surface area (Å²) in [5.41, 5.74) is 0.721. The van der Waals surface area contributed by atoms with Gasteiger partial charge in [-0.05, 0) is 42.8 Å². The van der Waals surface area contributed by atoms with Gasteiger partial charge in [-0.15, -0.1) is 11.8 Å². The number of carbonyl (C=O) groups excluding carboxylic acids is 2. The molecule has 2 aromatic carbocycles. The summed E-state index contributed by atoms with van der Waals surface area (Å²) in [5, 5.41) is -0.374. The van der Waals surface area contributed by atoms with E-state index in [9.17, 15) is 9.59 Å². The molecule has 26 heavy (non-hydrogen) atoms. The van der Waals surface area contributed by atoms with Crippen LogP contribution in [0, 0.1) is 0 Å². The smallest absolute Gasteiger partial charge is 0.330 e. The van der Waals surface area contributed by atoms with E-state index in [1.54, 1.807) is 31.2 Å². The Kier molecular flexibility index (Phi) is 7.29. The lowest BCUT2D eigenvalue weighted by Gasteiger charge is -2.13. The van der Waals surface area contributed by atoms with Crippen molar-refractivity contribution in [3.8, 4) is 11.5 Å². The first kappa shape index (κ1) is 19.6. The fourth-order valence-corrected chi connectivity index (χ4v) is 2.91. The van der Waals surface area contributed by atoms with Crippen molar-refractivity contribution in [1.29, 1.82) is 0 Å². The summed E-state index contributed by atoms with van der Waals surface area (Å²) in [6, 6.07) is 14.7. The van der Waals surface area contributed by atoms with Crippen LogP contribution in [0.4, 0.5) is 0 Å². The topological polar surface area (TPSA) is 61.8 Å². The third-order valence-corrected chi connectivity index (χ3v) is 4.49. The Morgan fingerprint density at radius 1 is 1.04 bits per heavy atom. The Labute approximate surface area is 157 Å². The number of esters is 2. The molecule has 0 aliphatic carbocycles. The molecule has 136 valence electrons. The molecule has 0 saturated heterocycles. The number of hydrogen-bond acceptors (Lipinski definition) is 6. The zero-order valence-electron chi connectivity index (χ0n) is 14.8. The third-order valence-electron chi connectivity index (χ3n) is 3.40. The molecule has 0 saturated carbocycles. The molecule has 1 atom stereocenters. The van der Waals surface area contributed by atoms with Crippen molar-refractivity contribution in [2.45, 2.75) is 17.1 Å². The van der Waals surface area contributed by atoms with Gasteiger partial charge in [0.15, 0.2) is 11.5 Å².